The summed E-state index contributed by atoms with van der Waals surface area (Å²) in [7, 11) is 1.96. The Bertz CT molecular complexity index is 1420. The van der Waals surface area contributed by atoms with Crippen molar-refractivity contribution in [1.82, 2.24) is 9.80 Å². The molecule has 2 aromatic rings. The first-order chi connectivity index (χ1) is 24.7. The summed E-state index contributed by atoms with van der Waals surface area (Å²) in [6.45, 7) is 13.2. The maximum Gasteiger partial charge on any atom is 0.389 e. The Morgan fingerprint density at radius 2 is 1.60 bits per heavy atom. The molecular weight excluding hydrogens is 688 g/mol. The minimum Gasteiger partial charge on any atom is -0.465 e. The predicted octanol–water partition coefficient (Wildman–Crippen LogP) is 12.3. The smallest absolute Gasteiger partial charge is 0.389 e. The van der Waals surface area contributed by atoms with Gasteiger partial charge in [0.25, 0.3) is 0 Å². The highest BCUT2D eigenvalue weighted by Gasteiger charge is 2.35. The van der Waals surface area contributed by atoms with E-state index >= 15 is 4.39 Å². The van der Waals surface area contributed by atoms with E-state index in [0.29, 0.717) is 55.2 Å². The van der Waals surface area contributed by atoms with E-state index in [1.807, 2.05) is 13.1 Å². The van der Waals surface area contributed by atoms with E-state index in [2.05, 4.69) is 42.7 Å². The lowest BCUT2D eigenvalue weighted by Gasteiger charge is -2.38. The lowest BCUT2D eigenvalue weighted by molar-refractivity contribution is -0.149. The number of hydrogen-bond acceptors (Lipinski definition) is 4. The van der Waals surface area contributed by atoms with Gasteiger partial charge in [-0.3, -0.25) is 9.80 Å². The molecule has 4 rings (SSSR count). The average molecular weight is 751 g/mol. The highest BCUT2D eigenvalue weighted by molar-refractivity contribution is 6.30. The Morgan fingerprint density at radius 1 is 0.942 bits per heavy atom. The molecule has 52 heavy (non-hydrogen) atoms. The number of hydrogen-bond donors (Lipinski definition) is 0. The molecule has 1 saturated heterocycles. The molecule has 1 aliphatic carbocycles. The van der Waals surface area contributed by atoms with Gasteiger partial charge in [-0.05, 0) is 156 Å². The molecule has 3 unspecified atom stereocenters. The summed E-state index contributed by atoms with van der Waals surface area (Å²) in [6, 6.07) is 8.67. The van der Waals surface area contributed by atoms with Crippen LogP contribution in [-0.2, 0) is 9.53 Å². The van der Waals surface area contributed by atoms with Crippen molar-refractivity contribution in [3.8, 4) is 0 Å². The molecule has 2 aliphatic rings. The maximum absolute atomic E-state index is 15.4. The number of nitrogens with zero attached hydrogens (tertiary/aromatic N) is 2. The largest absolute Gasteiger partial charge is 0.465 e. The van der Waals surface area contributed by atoms with E-state index in [0.717, 1.165) is 62.2 Å². The first-order valence-electron chi connectivity index (χ1n) is 19.9. The molecule has 1 aliphatic heterocycles. The van der Waals surface area contributed by atoms with Crippen LogP contribution in [0.15, 0.2) is 30.3 Å². The first-order valence-corrected chi connectivity index (χ1v) is 20.3. The molecular formula is C43H63ClF4N2O2. The van der Waals surface area contributed by atoms with Crippen molar-refractivity contribution < 1.29 is 27.1 Å². The number of alkyl halides is 3. The van der Waals surface area contributed by atoms with E-state index in [1.54, 1.807) is 19.9 Å². The lowest BCUT2D eigenvalue weighted by atomic mass is 9.81. The number of ether oxygens (including phenoxy) is 1. The first kappa shape index (κ1) is 42.6. The minimum absolute atomic E-state index is 0.0572. The molecule has 0 amide bonds. The van der Waals surface area contributed by atoms with Gasteiger partial charge in [-0.1, -0.05) is 69.7 Å². The molecule has 0 spiro atoms. The highest BCUT2D eigenvalue weighted by Crippen LogP contribution is 2.42. The van der Waals surface area contributed by atoms with Gasteiger partial charge in [0, 0.05) is 24.0 Å². The van der Waals surface area contributed by atoms with Gasteiger partial charge in [0.05, 0.1) is 6.61 Å². The summed E-state index contributed by atoms with van der Waals surface area (Å²) in [4.78, 5) is 18.6. The summed E-state index contributed by atoms with van der Waals surface area (Å²) >= 11 is 6.60. The molecule has 2 fully saturated rings. The van der Waals surface area contributed by atoms with Crippen molar-refractivity contribution in [2.45, 2.75) is 142 Å². The summed E-state index contributed by atoms with van der Waals surface area (Å²) < 4.78 is 61.0. The van der Waals surface area contributed by atoms with Crippen LogP contribution in [0, 0.1) is 37.4 Å². The number of likely N-dealkylation sites (tertiary alicyclic amines) is 1. The fourth-order valence-corrected chi connectivity index (χ4v) is 9.34. The highest BCUT2D eigenvalue weighted by atomic mass is 35.5. The van der Waals surface area contributed by atoms with Crippen LogP contribution in [0.3, 0.4) is 0 Å². The van der Waals surface area contributed by atoms with E-state index in [-0.39, 0.29) is 36.3 Å². The minimum atomic E-state index is -4.17. The summed E-state index contributed by atoms with van der Waals surface area (Å²) in [5.41, 5.74) is 4.49. The van der Waals surface area contributed by atoms with Gasteiger partial charge >= 0.3 is 12.1 Å². The number of carbonyl (C=O) groups excluding carboxylic acids is 1. The van der Waals surface area contributed by atoms with Crippen LogP contribution in [0.25, 0.3) is 0 Å². The van der Waals surface area contributed by atoms with E-state index in [9.17, 15) is 18.0 Å². The molecule has 0 radical (unpaired) electrons. The van der Waals surface area contributed by atoms with Crippen molar-refractivity contribution in [1.29, 1.82) is 0 Å². The van der Waals surface area contributed by atoms with Gasteiger partial charge in [-0.2, -0.15) is 13.2 Å². The van der Waals surface area contributed by atoms with Crippen molar-refractivity contribution >= 4 is 17.6 Å². The van der Waals surface area contributed by atoms with Crippen LogP contribution in [0.4, 0.5) is 17.6 Å². The molecule has 2 aromatic carbocycles. The van der Waals surface area contributed by atoms with Crippen molar-refractivity contribution in [3.63, 3.8) is 0 Å². The third-order valence-electron chi connectivity index (χ3n) is 12.0. The fraction of sp³-hybridized carbons (Fsp3) is 0.698. The Hall–Kier alpha value is -2.16. The van der Waals surface area contributed by atoms with Gasteiger partial charge < -0.3 is 4.74 Å². The third-order valence-corrected chi connectivity index (χ3v) is 12.3. The quantitative estimate of drug-likeness (QED) is 0.160. The Balaban J connectivity index is 1.64. The Morgan fingerprint density at radius 3 is 2.25 bits per heavy atom. The number of benzene rings is 2. The van der Waals surface area contributed by atoms with E-state index in [1.165, 1.54) is 30.0 Å². The lowest BCUT2D eigenvalue weighted by Crippen LogP contribution is -2.38. The number of halogens is 5. The summed E-state index contributed by atoms with van der Waals surface area (Å²) in [6.07, 6.45) is 5.13. The van der Waals surface area contributed by atoms with Gasteiger partial charge in [0.2, 0.25) is 0 Å². The van der Waals surface area contributed by atoms with Crippen molar-refractivity contribution in [2.24, 2.45) is 17.8 Å². The zero-order chi connectivity index (χ0) is 38.0. The van der Waals surface area contributed by atoms with Crippen molar-refractivity contribution in [2.75, 3.05) is 33.3 Å². The Kier molecular flexibility index (Phi) is 16.3. The second-order valence-electron chi connectivity index (χ2n) is 16.0. The van der Waals surface area contributed by atoms with Gasteiger partial charge in [-0.15, -0.1) is 0 Å². The van der Waals surface area contributed by atoms with Crippen LogP contribution in [0.5, 0.6) is 0 Å². The van der Waals surface area contributed by atoms with E-state index < -0.39 is 18.6 Å². The summed E-state index contributed by atoms with van der Waals surface area (Å²) in [5, 5.41) is 0.710. The number of likely N-dealkylation sites (N-methyl/N-ethyl adjacent to an activating group) is 1. The van der Waals surface area contributed by atoms with Crippen LogP contribution in [0.1, 0.15) is 150 Å². The monoisotopic (exact) mass is 750 g/mol. The molecule has 0 N–H and O–H groups in total. The maximum atomic E-state index is 15.4. The topological polar surface area (TPSA) is 32.8 Å². The number of esters is 1. The number of rotatable bonds is 12. The molecule has 292 valence electrons. The standard InChI is InChI=1S/C43H63ClF4N2O2/c1-7-52-42(51)41(36-21-22-38(45)31(5)40(36)34-15-9-8-13-32(14-10-16-34)28-43(46,47)48)49(6)26-23-39(37-27-35(44)20-19-30(37)4)50-24-11-17-33(29(2)3)18-12-25-50/h19-22,27,29,32-34,39,41H,7-18,23-26,28H2,1-6H3/t32?,34?,39-,41?/m0/s1. The molecule has 0 aromatic heterocycles. The second-order valence-corrected chi connectivity index (χ2v) is 16.5. The molecule has 1 saturated carbocycles. The molecule has 0 bridgehead atoms. The predicted molar refractivity (Wildman–Crippen MR) is 204 cm³/mol. The normalized spacial score (nSPS) is 21.6. The van der Waals surface area contributed by atoms with Gasteiger partial charge in [0.15, 0.2) is 0 Å². The van der Waals surface area contributed by atoms with E-state index in [4.69, 9.17) is 16.3 Å². The van der Waals surface area contributed by atoms with Gasteiger partial charge in [-0.25, -0.2) is 9.18 Å². The number of aryl methyl sites for hydroxylation is 1. The number of carbonyl (C=O) groups is 1. The third kappa shape index (κ3) is 11.9. The second kappa shape index (κ2) is 20.0. The van der Waals surface area contributed by atoms with Crippen LogP contribution in [-0.4, -0.2) is 55.2 Å². The zero-order valence-electron chi connectivity index (χ0n) is 32.5. The Labute approximate surface area is 316 Å². The average Bonchev–Trinajstić information content (AvgIpc) is 3.16. The van der Waals surface area contributed by atoms with Crippen LogP contribution < -0.4 is 0 Å². The molecule has 9 heteroatoms. The zero-order valence-corrected chi connectivity index (χ0v) is 33.2. The van der Waals surface area contributed by atoms with Crippen LogP contribution >= 0.6 is 11.6 Å². The fourth-order valence-electron chi connectivity index (χ4n) is 9.16. The SMILES string of the molecule is CCOC(=O)C(c1ccc(F)c(C)c1C1CCCCC(CC(F)(F)F)CCC1)N(C)CC[C@@H](c1cc(Cl)ccc1C)N1CCCC(C(C)C)CCC1. The molecule has 4 nitrogen and oxygen atoms in total. The molecule has 1 heterocycles. The van der Waals surface area contributed by atoms with Crippen LogP contribution in [0.2, 0.25) is 5.02 Å². The van der Waals surface area contributed by atoms with Crippen molar-refractivity contribution in [3.05, 3.63) is 69.0 Å². The van der Waals surface area contributed by atoms with Gasteiger partial charge in [0.1, 0.15) is 11.9 Å². The molecule has 4 atom stereocenters. The summed E-state index contributed by atoms with van der Waals surface area (Å²) in [5.74, 6) is 0.301.